The van der Waals surface area contributed by atoms with Crippen molar-refractivity contribution < 1.29 is 9.53 Å². The van der Waals surface area contributed by atoms with Gasteiger partial charge in [-0.15, -0.1) is 0 Å². The van der Waals surface area contributed by atoms with Crippen molar-refractivity contribution in [1.82, 2.24) is 0 Å². The molecule has 2 aliphatic rings. The molecule has 0 aromatic heterocycles. The molecule has 25 heavy (non-hydrogen) atoms. The lowest BCUT2D eigenvalue weighted by Gasteiger charge is -2.22. The summed E-state index contributed by atoms with van der Waals surface area (Å²) in [5.74, 6) is 1.24. The SMILES string of the molecule is COC(=O)c1ccc(N(C)c2cc(C3CC3)cc(C3CC3)c2)cc1C. The number of aryl methyl sites for hydroxylation is 1. The Morgan fingerprint density at radius 2 is 1.56 bits per heavy atom. The molecule has 3 nitrogen and oxygen atoms in total. The Hall–Kier alpha value is -2.29. The number of rotatable bonds is 5. The second kappa shape index (κ2) is 6.21. The van der Waals surface area contributed by atoms with E-state index in [-0.39, 0.29) is 5.97 Å². The molecule has 0 amide bonds. The normalized spacial score (nSPS) is 16.6. The summed E-state index contributed by atoms with van der Waals surface area (Å²) in [5, 5.41) is 0. The van der Waals surface area contributed by atoms with Gasteiger partial charge in [0.15, 0.2) is 0 Å². The van der Waals surface area contributed by atoms with E-state index in [1.165, 1.54) is 49.6 Å². The van der Waals surface area contributed by atoms with Crippen LogP contribution in [0.2, 0.25) is 0 Å². The smallest absolute Gasteiger partial charge is 0.338 e. The van der Waals surface area contributed by atoms with Crippen LogP contribution in [0.5, 0.6) is 0 Å². The Kier molecular flexibility index (Phi) is 4.03. The zero-order chi connectivity index (χ0) is 17.6. The molecule has 2 aliphatic carbocycles. The van der Waals surface area contributed by atoms with E-state index in [1.54, 1.807) is 0 Å². The number of ether oxygens (including phenoxy) is 1. The summed E-state index contributed by atoms with van der Waals surface area (Å²) in [6.07, 6.45) is 5.29. The van der Waals surface area contributed by atoms with Crippen LogP contribution >= 0.6 is 0 Å². The minimum atomic E-state index is -0.279. The van der Waals surface area contributed by atoms with Gasteiger partial charge in [-0.2, -0.15) is 0 Å². The molecule has 0 N–H and O–H groups in total. The van der Waals surface area contributed by atoms with E-state index in [0.717, 1.165) is 23.1 Å². The summed E-state index contributed by atoms with van der Waals surface area (Å²) < 4.78 is 4.85. The molecule has 2 aromatic carbocycles. The van der Waals surface area contributed by atoms with Gasteiger partial charge >= 0.3 is 5.97 Å². The number of anilines is 2. The zero-order valence-electron chi connectivity index (χ0n) is 15.2. The third-order valence-electron chi connectivity index (χ3n) is 5.45. The van der Waals surface area contributed by atoms with Crippen molar-refractivity contribution in [2.45, 2.75) is 44.4 Å². The quantitative estimate of drug-likeness (QED) is 0.694. The molecule has 0 bridgehead atoms. The molecule has 2 saturated carbocycles. The van der Waals surface area contributed by atoms with Crippen LogP contribution in [0.1, 0.15) is 64.6 Å². The Labute approximate surface area is 149 Å². The Morgan fingerprint density at radius 3 is 2.04 bits per heavy atom. The number of benzene rings is 2. The molecule has 2 aromatic rings. The number of nitrogens with zero attached hydrogens (tertiary/aromatic N) is 1. The highest BCUT2D eigenvalue weighted by atomic mass is 16.5. The molecule has 0 atom stereocenters. The fraction of sp³-hybridized carbons (Fsp3) is 0.409. The van der Waals surface area contributed by atoms with Crippen molar-refractivity contribution in [3.8, 4) is 0 Å². The van der Waals surface area contributed by atoms with Crippen LogP contribution in [0, 0.1) is 6.92 Å². The molecule has 0 unspecified atom stereocenters. The molecule has 4 rings (SSSR count). The average Bonchev–Trinajstić information content (AvgIpc) is 3.51. The van der Waals surface area contributed by atoms with Gasteiger partial charge in [-0.05, 0) is 91.5 Å². The lowest BCUT2D eigenvalue weighted by Crippen LogP contribution is -2.12. The Balaban J connectivity index is 1.67. The number of carbonyl (C=O) groups excluding carboxylic acids is 1. The first-order valence-electron chi connectivity index (χ1n) is 9.14. The van der Waals surface area contributed by atoms with Crippen molar-refractivity contribution in [2.75, 3.05) is 19.1 Å². The summed E-state index contributed by atoms with van der Waals surface area (Å²) >= 11 is 0. The van der Waals surface area contributed by atoms with Gasteiger partial charge in [0.1, 0.15) is 0 Å². The second-order valence-corrected chi connectivity index (χ2v) is 7.46. The maximum Gasteiger partial charge on any atom is 0.338 e. The largest absolute Gasteiger partial charge is 0.465 e. The highest BCUT2D eigenvalue weighted by molar-refractivity contribution is 5.91. The van der Waals surface area contributed by atoms with Crippen LogP contribution in [-0.4, -0.2) is 20.1 Å². The minimum Gasteiger partial charge on any atom is -0.465 e. The number of esters is 1. The second-order valence-electron chi connectivity index (χ2n) is 7.46. The van der Waals surface area contributed by atoms with Gasteiger partial charge in [-0.3, -0.25) is 0 Å². The standard InChI is InChI=1S/C22H25NO2/c1-14-10-19(8-9-21(14)22(24)25-3)23(2)20-12-17(15-4-5-15)11-18(13-20)16-6-7-16/h8-13,15-16H,4-7H2,1-3H3. The van der Waals surface area contributed by atoms with Crippen molar-refractivity contribution in [3.05, 3.63) is 58.7 Å². The van der Waals surface area contributed by atoms with Crippen molar-refractivity contribution in [2.24, 2.45) is 0 Å². The van der Waals surface area contributed by atoms with Gasteiger partial charge < -0.3 is 9.64 Å². The van der Waals surface area contributed by atoms with Crippen LogP contribution in [0.15, 0.2) is 36.4 Å². The van der Waals surface area contributed by atoms with Gasteiger partial charge in [0.2, 0.25) is 0 Å². The number of carbonyl (C=O) groups is 1. The number of methoxy groups -OCH3 is 1. The van der Waals surface area contributed by atoms with Crippen LogP contribution in [0.25, 0.3) is 0 Å². The Morgan fingerprint density at radius 1 is 0.960 bits per heavy atom. The van der Waals surface area contributed by atoms with Crippen molar-refractivity contribution >= 4 is 17.3 Å². The van der Waals surface area contributed by atoms with E-state index >= 15 is 0 Å². The molecule has 3 heteroatoms. The third-order valence-corrected chi connectivity index (χ3v) is 5.45. The molecule has 0 radical (unpaired) electrons. The molecule has 130 valence electrons. The number of hydrogen-bond acceptors (Lipinski definition) is 3. The van der Waals surface area contributed by atoms with Crippen LogP contribution in [-0.2, 0) is 4.74 Å². The fourth-order valence-corrected chi connectivity index (χ4v) is 3.50. The first kappa shape index (κ1) is 16.2. The maximum absolute atomic E-state index is 11.8. The zero-order valence-corrected chi connectivity index (χ0v) is 15.2. The molecule has 0 saturated heterocycles. The molecule has 0 spiro atoms. The minimum absolute atomic E-state index is 0.279. The highest BCUT2D eigenvalue weighted by Crippen LogP contribution is 2.46. The van der Waals surface area contributed by atoms with Crippen LogP contribution < -0.4 is 4.90 Å². The van der Waals surface area contributed by atoms with Crippen molar-refractivity contribution in [1.29, 1.82) is 0 Å². The Bertz CT molecular complexity index is 789. The monoisotopic (exact) mass is 335 g/mol. The molecular formula is C22H25NO2. The summed E-state index contributed by atoms with van der Waals surface area (Å²) in [7, 11) is 3.53. The third kappa shape index (κ3) is 3.28. The first-order valence-corrected chi connectivity index (χ1v) is 9.14. The van der Waals surface area contributed by atoms with E-state index < -0.39 is 0 Å². The van der Waals surface area contributed by atoms with E-state index in [2.05, 4.69) is 36.2 Å². The fourth-order valence-electron chi connectivity index (χ4n) is 3.50. The molecule has 2 fully saturated rings. The number of hydrogen-bond donors (Lipinski definition) is 0. The lowest BCUT2D eigenvalue weighted by atomic mass is 10.0. The van der Waals surface area contributed by atoms with E-state index in [0.29, 0.717) is 5.56 Å². The van der Waals surface area contributed by atoms with E-state index in [9.17, 15) is 4.79 Å². The summed E-state index contributed by atoms with van der Waals surface area (Å²) in [6.45, 7) is 1.96. The van der Waals surface area contributed by atoms with Gasteiger partial charge in [-0.1, -0.05) is 6.07 Å². The predicted octanol–water partition coefficient (Wildman–Crippen LogP) is 5.30. The summed E-state index contributed by atoms with van der Waals surface area (Å²) in [6, 6.07) is 13.0. The maximum atomic E-state index is 11.8. The van der Waals surface area contributed by atoms with Crippen molar-refractivity contribution in [3.63, 3.8) is 0 Å². The van der Waals surface area contributed by atoms with Gasteiger partial charge in [0.25, 0.3) is 0 Å². The molecule has 0 aliphatic heterocycles. The summed E-state index contributed by atoms with van der Waals surface area (Å²) in [4.78, 5) is 14.0. The molecule has 0 heterocycles. The molecular weight excluding hydrogens is 310 g/mol. The van der Waals surface area contributed by atoms with Gasteiger partial charge in [0.05, 0.1) is 12.7 Å². The predicted molar refractivity (Wildman–Crippen MR) is 101 cm³/mol. The van der Waals surface area contributed by atoms with Gasteiger partial charge in [0, 0.05) is 18.4 Å². The first-order chi connectivity index (χ1) is 12.1. The van der Waals surface area contributed by atoms with Crippen LogP contribution in [0.4, 0.5) is 11.4 Å². The van der Waals surface area contributed by atoms with E-state index in [4.69, 9.17) is 4.74 Å². The average molecular weight is 335 g/mol. The van der Waals surface area contributed by atoms with Crippen LogP contribution in [0.3, 0.4) is 0 Å². The van der Waals surface area contributed by atoms with E-state index in [1.807, 2.05) is 19.1 Å². The summed E-state index contributed by atoms with van der Waals surface area (Å²) in [5.41, 5.74) is 6.90. The topological polar surface area (TPSA) is 29.5 Å². The van der Waals surface area contributed by atoms with Gasteiger partial charge in [-0.25, -0.2) is 4.79 Å². The lowest BCUT2D eigenvalue weighted by molar-refractivity contribution is 0.0600. The highest BCUT2D eigenvalue weighted by Gasteiger charge is 2.29.